The first kappa shape index (κ1) is 17.2. The number of rotatable bonds is 4. The van der Waals surface area contributed by atoms with Crippen LogP contribution in [0.3, 0.4) is 0 Å². The number of carbonyl (C=O) groups excluding carboxylic acids is 1. The zero-order valence-electron chi connectivity index (χ0n) is 12.5. The number of benzene rings is 1. The molecule has 1 atom stereocenters. The van der Waals surface area contributed by atoms with Crippen LogP contribution in [0, 0.1) is 13.8 Å². The summed E-state index contributed by atoms with van der Waals surface area (Å²) in [5.41, 5.74) is 2.56. The minimum atomic E-state index is -0.407. The molecule has 4 nitrogen and oxygen atoms in total. The molecule has 0 saturated heterocycles. The van der Waals surface area contributed by atoms with Gasteiger partial charge in [-0.2, -0.15) is 0 Å². The third-order valence-electron chi connectivity index (χ3n) is 3.32. The molecule has 0 aliphatic heterocycles. The van der Waals surface area contributed by atoms with Gasteiger partial charge >= 0.3 is 11.6 Å². The number of halogens is 2. The van der Waals surface area contributed by atoms with E-state index in [-0.39, 0.29) is 4.83 Å². The van der Waals surface area contributed by atoms with Crippen LogP contribution in [0.4, 0.5) is 0 Å². The Balaban J connectivity index is 2.80. The predicted octanol–water partition coefficient (Wildman–Crippen LogP) is 4.04. The number of alkyl halides is 2. The molecular weight excluding hydrogens is 416 g/mol. The van der Waals surface area contributed by atoms with E-state index in [1.807, 2.05) is 19.9 Å². The van der Waals surface area contributed by atoms with Gasteiger partial charge in [0.25, 0.3) is 0 Å². The van der Waals surface area contributed by atoms with Gasteiger partial charge in [0.2, 0.25) is 0 Å². The molecule has 2 aromatic rings. The number of aryl methyl sites for hydroxylation is 2. The van der Waals surface area contributed by atoms with Crippen LogP contribution < -0.4 is 10.4 Å². The second-order valence-corrected chi connectivity index (χ2v) is 7.11. The highest BCUT2D eigenvalue weighted by molar-refractivity contribution is 9.12. The molecule has 6 heteroatoms. The standard InChI is InChI=1S/C16H16Br2O4/c1-8-4-13(21-10(3)19)12(6-11(18)7-17)16-15(8)9(2)5-14(20)22-16/h4-5,11H,6-7H2,1-3H3. The monoisotopic (exact) mass is 430 g/mol. The molecule has 0 saturated carbocycles. The lowest BCUT2D eigenvalue weighted by Gasteiger charge is -2.16. The topological polar surface area (TPSA) is 56.5 Å². The maximum absolute atomic E-state index is 11.8. The lowest BCUT2D eigenvalue weighted by Crippen LogP contribution is -2.11. The van der Waals surface area contributed by atoms with Gasteiger partial charge in [0.15, 0.2) is 0 Å². The van der Waals surface area contributed by atoms with Gasteiger partial charge in [0.05, 0.1) is 0 Å². The molecule has 0 N–H and O–H groups in total. The van der Waals surface area contributed by atoms with E-state index >= 15 is 0 Å². The summed E-state index contributed by atoms with van der Waals surface area (Å²) in [6.07, 6.45) is 0.567. The number of esters is 1. The summed E-state index contributed by atoms with van der Waals surface area (Å²) in [5.74, 6) is 0.0385. The van der Waals surface area contributed by atoms with E-state index in [2.05, 4.69) is 31.9 Å². The molecule has 0 bridgehead atoms. The van der Waals surface area contributed by atoms with Crippen molar-refractivity contribution >= 4 is 48.8 Å². The van der Waals surface area contributed by atoms with Crippen LogP contribution in [0.2, 0.25) is 0 Å². The second kappa shape index (κ2) is 6.96. The molecule has 1 aromatic heterocycles. The zero-order chi connectivity index (χ0) is 16.4. The fourth-order valence-electron chi connectivity index (χ4n) is 2.49. The van der Waals surface area contributed by atoms with Gasteiger partial charge in [-0.1, -0.05) is 31.9 Å². The Hall–Kier alpha value is -1.14. The largest absolute Gasteiger partial charge is 0.426 e. The van der Waals surface area contributed by atoms with E-state index in [0.29, 0.717) is 17.8 Å². The van der Waals surface area contributed by atoms with Crippen LogP contribution in [0.5, 0.6) is 5.75 Å². The fraction of sp³-hybridized carbons (Fsp3) is 0.375. The minimum Gasteiger partial charge on any atom is -0.426 e. The Labute approximate surface area is 145 Å². The number of carbonyl (C=O) groups is 1. The Morgan fingerprint density at radius 2 is 1.95 bits per heavy atom. The molecule has 22 heavy (non-hydrogen) atoms. The van der Waals surface area contributed by atoms with Crippen LogP contribution in [-0.4, -0.2) is 16.1 Å². The molecule has 0 radical (unpaired) electrons. The molecule has 0 aliphatic rings. The average molecular weight is 432 g/mol. The maximum atomic E-state index is 11.8. The van der Waals surface area contributed by atoms with E-state index in [1.165, 1.54) is 13.0 Å². The quantitative estimate of drug-likeness (QED) is 0.317. The van der Waals surface area contributed by atoms with Gasteiger partial charge in [-0.05, 0) is 37.5 Å². The third-order valence-corrected chi connectivity index (χ3v) is 5.62. The van der Waals surface area contributed by atoms with Crippen LogP contribution in [0.25, 0.3) is 11.0 Å². The van der Waals surface area contributed by atoms with E-state index in [4.69, 9.17) is 9.15 Å². The van der Waals surface area contributed by atoms with Crippen molar-refractivity contribution < 1.29 is 13.9 Å². The molecule has 1 heterocycles. The third kappa shape index (κ3) is 3.60. The van der Waals surface area contributed by atoms with Gasteiger partial charge in [0.1, 0.15) is 11.3 Å². The van der Waals surface area contributed by atoms with E-state index in [1.54, 1.807) is 0 Å². The smallest absolute Gasteiger partial charge is 0.336 e. The Morgan fingerprint density at radius 3 is 2.55 bits per heavy atom. The fourth-order valence-corrected chi connectivity index (χ4v) is 3.05. The van der Waals surface area contributed by atoms with Crippen molar-refractivity contribution in [2.45, 2.75) is 32.0 Å². The van der Waals surface area contributed by atoms with Crippen molar-refractivity contribution in [1.29, 1.82) is 0 Å². The summed E-state index contributed by atoms with van der Waals surface area (Å²) in [6.45, 7) is 5.13. The lowest BCUT2D eigenvalue weighted by molar-refractivity contribution is -0.131. The number of hydrogen-bond donors (Lipinski definition) is 0. The maximum Gasteiger partial charge on any atom is 0.336 e. The zero-order valence-corrected chi connectivity index (χ0v) is 15.7. The number of fused-ring (bicyclic) bond motifs is 1. The summed E-state index contributed by atoms with van der Waals surface area (Å²) in [5, 5.41) is 1.61. The van der Waals surface area contributed by atoms with Gasteiger partial charge in [0, 0.05) is 34.1 Å². The Kier molecular flexibility index (Phi) is 5.45. The molecule has 2 rings (SSSR count). The number of ether oxygens (including phenoxy) is 1. The highest BCUT2D eigenvalue weighted by Gasteiger charge is 2.19. The van der Waals surface area contributed by atoms with Crippen LogP contribution in [-0.2, 0) is 11.2 Å². The van der Waals surface area contributed by atoms with Crippen molar-refractivity contribution in [3.63, 3.8) is 0 Å². The molecular formula is C16H16Br2O4. The summed E-state index contributed by atoms with van der Waals surface area (Å²) < 4.78 is 10.8. The van der Waals surface area contributed by atoms with Gasteiger partial charge in [-0.3, -0.25) is 4.79 Å². The average Bonchev–Trinajstić information content (AvgIpc) is 2.41. The predicted molar refractivity (Wildman–Crippen MR) is 93.5 cm³/mol. The summed E-state index contributed by atoms with van der Waals surface area (Å²) in [4.78, 5) is 23.3. The molecule has 0 aliphatic carbocycles. The SMILES string of the molecule is CC(=O)Oc1cc(C)c2c(C)cc(=O)oc2c1CC(Br)CBr. The molecule has 0 amide bonds. The second-order valence-electron chi connectivity index (χ2n) is 5.17. The van der Waals surface area contributed by atoms with Crippen LogP contribution in [0.15, 0.2) is 21.3 Å². The molecule has 1 unspecified atom stereocenters. The first-order chi connectivity index (χ1) is 10.3. The van der Waals surface area contributed by atoms with Gasteiger partial charge < -0.3 is 9.15 Å². The van der Waals surface area contributed by atoms with Gasteiger partial charge in [-0.25, -0.2) is 4.79 Å². The summed E-state index contributed by atoms with van der Waals surface area (Å²) in [6, 6.07) is 3.29. The van der Waals surface area contributed by atoms with Crippen molar-refractivity contribution in [1.82, 2.24) is 0 Å². The van der Waals surface area contributed by atoms with Crippen molar-refractivity contribution in [2.24, 2.45) is 0 Å². The molecule has 1 aromatic carbocycles. The highest BCUT2D eigenvalue weighted by Crippen LogP contribution is 2.34. The lowest BCUT2D eigenvalue weighted by atomic mass is 9.98. The van der Waals surface area contributed by atoms with E-state index < -0.39 is 11.6 Å². The molecule has 0 spiro atoms. The minimum absolute atomic E-state index is 0.124. The van der Waals surface area contributed by atoms with Crippen LogP contribution in [0.1, 0.15) is 23.6 Å². The van der Waals surface area contributed by atoms with Crippen molar-refractivity contribution in [3.8, 4) is 5.75 Å². The molecule has 118 valence electrons. The number of hydrogen-bond acceptors (Lipinski definition) is 4. The van der Waals surface area contributed by atoms with Crippen molar-refractivity contribution in [2.75, 3.05) is 5.33 Å². The first-order valence-electron chi connectivity index (χ1n) is 6.78. The Morgan fingerprint density at radius 1 is 1.32 bits per heavy atom. The van der Waals surface area contributed by atoms with Crippen molar-refractivity contribution in [3.05, 3.63) is 39.2 Å². The summed E-state index contributed by atoms with van der Waals surface area (Å²) >= 11 is 6.96. The molecule has 0 fully saturated rings. The first-order valence-corrected chi connectivity index (χ1v) is 8.82. The Bertz CT molecular complexity index is 780. The normalized spacial score (nSPS) is 12.4. The van der Waals surface area contributed by atoms with E-state index in [0.717, 1.165) is 27.4 Å². The van der Waals surface area contributed by atoms with E-state index in [9.17, 15) is 9.59 Å². The van der Waals surface area contributed by atoms with Crippen LogP contribution >= 0.6 is 31.9 Å². The highest BCUT2D eigenvalue weighted by atomic mass is 79.9. The summed E-state index contributed by atoms with van der Waals surface area (Å²) in [7, 11) is 0. The van der Waals surface area contributed by atoms with Gasteiger partial charge in [-0.15, -0.1) is 0 Å².